The van der Waals surface area contributed by atoms with E-state index in [1.54, 1.807) is 11.3 Å². The minimum absolute atomic E-state index is 0.0241. The largest absolute Gasteiger partial charge is 0.391 e. The van der Waals surface area contributed by atoms with E-state index in [1.807, 2.05) is 31.4 Å². The van der Waals surface area contributed by atoms with E-state index in [4.69, 9.17) is 18.0 Å². The van der Waals surface area contributed by atoms with Gasteiger partial charge in [0, 0.05) is 4.88 Å². The molecule has 0 fully saturated rings. The van der Waals surface area contributed by atoms with Crippen molar-refractivity contribution < 1.29 is 4.79 Å². The lowest BCUT2D eigenvalue weighted by atomic mass is 9.92. The highest BCUT2D eigenvalue weighted by Crippen LogP contribution is 2.17. The summed E-state index contributed by atoms with van der Waals surface area (Å²) in [5, 5.41) is 4.93. The number of nitrogens with two attached hydrogens (primary N) is 1. The molecule has 1 rings (SSSR count). The summed E-state index contributed by atoms with van der Waals surface area (Å²) in [6.45, 7) is 3.96. The Kier molecular flexibility index (Phi) is 5.08. The van der Waals surface area contributed by atoms with Crippen molar-refractivity contribution in [3.8, 4) is 0 Å². The number of carbonyl (C=O) groups is 1. The summed E-state index contributed by atoms with van der Waals surface area (Å²) >= 11 is 6.64. The summed E-state index contributed by atoms with van der Waals surface area (Å²) in [5.41, 5.74) is 5.20. The SMILES string of the molecule is CCC(CC)(NC(=O)Cc1cccs1)C(N)=S. The average molecular weight is 270 g/mol. The van der Waals surface area contributed by atoms with Gasteiger partial charge in [0.1, 0.15) is 0 Å². The fourth-order valence-electron chi connectivity index (χ4n) is 1.72. The van der Waals surface area contributed by atoms with E-state index in [0.29, 0.717) is 11.4 Å². The van der Waals surface area contributed by atoms with Gasteiger partial charge in [-0.1, -0.05) is 32.1 Å². The van der Waals surface area contributed by atoms with Gasteiger partial charge in [-0.05, 0) is 24.3 Å². The molecule has 1 aromatic heterocycles. The Morgan fingerprint density at radius 3 is 2.59 bits per heavy atom. The van der Waals surface area contributed by atoms with Crippen molar-refractivity contribution in [2.45, 2.75) is 38.6 Å². The maximum atomic E-state index is 11.9. The lowest BCUT2D eigenvalue weighted by Crippen LogP contribution is -2.56. The van der Waals surface area contributed by atoms with E-state index in [0.717, 1.165) is 17.7 Å². The van der Waals surface area contributed by atoms with Crippen LogP contribution in [-0.2, 0) is 11.2 Å². The molecule has 94 valence electrons. The Hall–Kier alpha value is -0.940. The second-order valence-electron chi connectivity index (χ2n) is 3.96. The molecule has 0 atom stereocenters. The molecule has 0 aromatic carbocycles. The van der Waals surface area contributed by atoms with Gasteiger partial charge in [-0.15, -0.1) is 11.3 Å². The van der Waals surface area contributed by atoms with Crippen LogP contribution in [0.5, 0.6) is 0 Å². The highest BCUT2D eigenvalue weighted by molar-refractivity contribution is 7.80. The number of thiophene rings is 1. The first kappa shape index (κ1) is 14.1. The summed E-state index contributed by atoms with van der Waals surface area (Å²) in [6.07, 6.45) is 1.83. The summed E-state index contributed by atoms with van der Waals surface area (Å²) in [5.74, 6) is -0.0241. The van der Waals surface area contributed by atoms with Gasteiger partial charge in [-0.3, -0.25) is 4.79 Å². The average Bonchev–Trinajstić information content (AvgIpc) is 2.78. The van der Waals surface area contributed by atoms with Gasteiger partial charge in [-0.25, -0.2) is 0 Å². The maximum absolute atomic E-state index is 11.9. The zero-order chi connectivity index (χ0) is 12.9. The highest BCUT2D eigenvalue weighted by atomic mass is 32.1. The first-order valence-electron chi connectivity index (χ1n) is 5.67. The van der Waals surface area contributed by atoms with Crippen LogP contribution in [0, 0.1) is 0 Å². The van der Waals surface area contributed by atoms with Crippen LogP contribution in [0.4, 0.5) is 0 Å². The van der Waals surface area contributed by atoms with Gasteiger partial charge >= 0.3 is 0 Å². The molecular weight excluding hydrogens is 252 g/mol. The van der Waals surface area contributed by atoms with E-state index >= 15 is 0 Å². The predicted molar refractivity (Wildman–Crippen MR) is 76.3 cm³/mol. The van der Waals surface area contributed by atoms with Crippen molar-refractivity contribution in [3.05, 3.63) is 22.4 Å². The molecule has 17 heavy (non-hydrogen) atoms. The quantitative estimate of drug-likeness (QED) is 0.780. The Balaban J connectivity index is 2.68. The number of rotatable bonds is 6. The van der Waals surface area contributed by atoms with E-state index in [2.05, 4.69) is 5.32 Å². The molecule has 3 N–H and O–H groups in total. The monoisotopic (exact) mass is 270 g/mol. The molecular formula is C12H18N2OS2. The molecule has 0 unspecified atom stereocenters. The number of thiocarbonyl (C=S) groups is 1. The van der Waals surface area contributed by atoms with Crippen molar-refractivity contribution in [2.24, 2.45) is 5.73 Å². The molecule has 3 nitrogen and oxygen atoms in total. The predicted octanol–water partition coefficient (Wildman–Crippen LogP) is 2.25. The van der Waals surface area contributed by atoms with Crippen molar-refractivity contribution >= 4 is 34.5 Å². The van der Waals surface area contributed by atoms with Gasteiger partial charge in [-0.2, -0.15) is 0 Å². The number of hydrogen-bond acceptors (Lipinski definition) is 3. The zero-order valence-corrected chi connectivity index (χ0v) is 11.8. The van der Waals surface area contributed by atoms with Crippen LogP contribution >= 0.6 is 23.6 Å². The van der Waals surface area contributed by atoms with Gasteiger partial charge < -0.3 is 11.1 Å². The number of carbonyl (C=O) groups excluding carboxylic acids is 1. The lowest BCUT2D eigenvalue weighted by Gasteiger charge is -2.31. The van der Waals surface area contributed by atoms with Crippen molar-refractivity contribution in [2.75, 3.05) is 0 Å². The minimum atomic E-state index is -0.538. The molecule has 5 heteroatoms. The molecule has 0 aliphatic carbocycles. The van der Waals surface area contributed by atoms with E-state index in [-0.39, 0.29) is 5.91 Å². The Morgan fingerprint density at radius 2 is 2.18 bits per heavy atom. The molecule has 1 heterocycles. The second kappa shape index (κ2) is 6.12. The molecule has 0 bridgehead atoms. The normalized spacial score (nSPS) is 11.2. The van der Waals surface area contributed by atoms with E-state index in [9.17, 15) is 4.79 Å². The van der Waals surface area contributed by atoms with Gasteiger partial charge in [0.2, 0.25) is 5.91 Å². The fourth-order valence-corrected chi connectivity index (χ4v) is 2.76. The zero-order valence-electron chi connectivity index (χ0n) is 10.2. The molecule has 0 aliphatic heterocycles. The van der Waals surface area contributed by atoms with Crippen LogP contribution in [-0.4, -0.2) is 16.4 Å². The first-order chi connectivity index (χ1) is 8.04. The highest BCUT2D eigenvalue weighted by Gasteiger charge is 2.31. The van der Waals surface area contributed by atoms with Crippen LogP contribution in [0.15, 0.2) is 17.5 Å². The summed E-state index contributed by atoms with van der Waals surface area (Å²) < 4.78 is 0. The summed E-state index contributed by atoms with van der Waals surface area (Å²) in [6, 6.07) is 3.89. The van der Waals surface area contributed by atoms with Gasteiger partial charge in [0.25, 0.3) is 0 Å². The standard InChI is InChI=1S/C12H18N2OS2/c1-3-12(4-2,11(13)16)14-10(15)8-9-6-5-7-17-9/h5-7H,3-4,8H2,1-2H3,(H2,13,16)(H,14,15). The lowest BCUT2D eigenvalue weighted by molar-refractivity contribution is -0.121. The van der Waals surface area contributed by atoms with E-state index in [1.165, 1.54) is 0 Å². The maximum Gasteiger partial charge on any atom is 0.226 e. The van der Waals surface area contributed by atoms with Gasteiger partial charge in [0.05, 0.1) is 16.9 Å². The third-order valence-corrected chi connectivity index (χ3v) is 4.24. The molecule has 1 amide bonds. The Labute approximate surface area is 111 Å². The van der Waals surface area contributed by atoms with Gasteiger partial charge in [0.15, 0.2) is 0 Å². The summed E-state index contributed by atoms with van der Waals surface area (Å²) in [7, 11) is 0. The first-order valence-corrected chi connectivity index (χ1v) is 6.96. The number of amides is 1. The molecule has 0 saturated carbocycles. The number of hydrogen-bond donors (Lipinski definition) is 2. The topological polar surface area (TPSA) is 55.1 Å². The van der Waals surface area contributed by atoms with Crippen molar-refractivity contribution in [3.63, 3.8) is 0 Å². The third-order valence-electron chi connectivity index (χ3n) is 2.97. The Bertz CT molecular complexity index is 383. The molecule has 0 spiro atoms. The van der Waals surface area contributed by atoms with Crippen LogP contribution < -0.4 is 11.1 Å². The van der Waals surface area contributed by atoms with Crippen LogP contribution in [0.25, 0.3) is 0 Å². The van der Waals surface area contributed by atoms with E-state index < -0.39 is 5.54 Å². The molecule has 0 saturated heterocycles. The number of nitrogens with one attached hydrogen (secondary N) is 1. The van der Waals surface area contributed by atoms with Crippen LogP contribution in [0.1, 0.15) is 31.6 Å². The van der Waals surface area contributed by atoms with Crippen molar-refractivity contribution in [1.82, 2.24) is 5.32 Å². The minimum Gasteiger partial charge on any atom is -0.391 e. The van der Waals surface area contributed by atoms with Crippen LogP contribution in [0.3, 0.4) is 0 Å². The molecule has 0 radical (unpaired) electrons. The second-order valence-corrected chi connectivity index (χ2v) is 5.43. The van der Waals surface area contributed by atoms with Crippen molar-refractivity contribution in [1.29, 1.82) is 0 Å². The van der Waals surface area contributed by atoms with Crippen LogP contribution in [0.2, 0.25) is 0 Å². The smallest absolute Gasteiger partial charge is 0.226 e. The Morgan fingerprint density at radius 1 is 1.53 bits per heavy atom. The third kappa shape index (κ3) is 3.51. The molecule has 0 aliphatic rings. The molecule has 1 aromatic rings. The fraction of sp³-hybridized carbons (Fsp3) is 0.500. The summed E-state index contributed by atoms with van der Waals surface area (Å²) in [4.78, 5) is 13.3.